The highest BCUT2D eigenvalue weighted by Crippen LogP contribution is 2.17. The average Bonchev–Trinajstić information content (AvgIpc) is 2.85. The molecule has 1 aliphatic rings. The Bertz CT molecular complexity index is 504. The van der Waals surface area contributed by atoms with Crippen molar-refractivity contribution in [2.45, 2.75) is 13.0 Å². The Hall–Kier alpha value is -1.92. The van der Waals surface area contributed by atoms with Gasteiger partial charge in [0.25, 0.3) is 0 Å². The molecule has 20 heavy (non-hydrogen) atoms. The van der Waals surface area contributed by atoms with Crippen molar-refractivity contribution in [1.82, 2.24) is 0 Å². The van der Waals surface area contributed by atoms with Gasteiger partial charge in [0.2, 0.25) is 5.91 Å². The summed E-state index contributed by atoms with van der Waals surface area (Å²) in [6, 6.07) is 6.33. The first kappa shape index (κ1) is 14.5. The molecule has 108 valence electrons. The molecule has 2 atom stereocenters. The van der Waals surface area contributed by atoms with E-state index in [0.717, 1.165) is 0 Å². The van der Waals surface area contributed by atoms with Crippen molar-refractivity contribution >= 4 is 17.6 Å². The quantitative estimate of drug-likeness (QED) is 0.794. The number of benzene rings is 1. The Balaban J connectivity index is 2.04. The lowest BCUT2D eigenvalue weighted by molar-refractivity contribution is -0.120. The van der Waals surface area contributed by atoms with Crippen molar-refractivity contribution in [3.05, 3.63) is 29.8 Å². The molecule has 1 amide bonds. The predicted molar refractivity (Wildman–Crippen MR) is 73.3 cm³/mol. The number of hydrogen-bond acceptors (Lipinski definition) is 5. The highest BCUT2D eigenvalue weighted by molar-refractivity contribution is 5.96. The molecule has 2 rings (SSSR count). The first-order valence-corrected chi connectivity index (χ1v) is 6.53. The van der Waals surface area contributed by atoms with E-state index in [-0.39, 0.29) is 17.9 Å². The van der Waals surface area contributed by atoms with Gasteiger partial charge in [-0.2, -0.15) is 0 Å². The number of nitrogens with one attached hydrogen (secondary N) is 1. The zero-order chi connectivity index (χ0) is 14.5. The van der Waals surface area contributed by atoms with Crippen molar-refractivity contribution < 1.29 is 19.1 Å². The number of esters is 1. The largest absolute Gasteiger partial charge is 0.462 e. The number of hydrogen-bond donors (Lipinski definition) is 2. The standard InChI is InChI=1S/C14H18N2O4/c1-2-20-14(18)9-4-3-5-10(6-9)16-13(17)11-7-19-8-12(11)15/h3-6,11-12H,2,7-8,15H2,1H3,(H,16,17). The molecule has 1 fully saturated rings. The summed E-state index contributed by atoms with van der Waals surface area (Å²) in [6.45, 7) is 2.76. The molecule has 1 heterocycles. The Morgan fingerprint density at radius 3 is 2.90 bits per heavy atom. The first-order chi connectivity index (χ1) is 9.61. The van der Waals surface area contributed by atoms with Gasteiger partial charge in [-0.25, -0.2) is 4.79 Å². The minimum absolute atomic E-state index is 0.198. The second kappa shape index (κ2) is 6.49. The Morgan fingerprint density at radius 1 is 1.45 bits per heavy atom. The van der Waals surface area contributed by atoms with Crippen LogP contribution in [0, 0.1) is 5.92 Å². The van der Waals surface area contributed by atoms with Crippen molar-refractivity contribution in [2.75, 3.05) is 25.1 Å². The highest BCUT2D eigenvalue weighted by Gasteiger charge is 2.31. The van der Waals surface area contributed by atoms with Gasteiger partial charge in [0.05, 0.1) is 31.3 Å². The minimum atomic E-state index is -0.412. The monoisotopic (exact) mass is 278 g/mol. The number of carbonyl (C=O) groups excluding carboxylic acids is 2. The molecule has 6 heteroatoms. The number of anilines is 1. The third-order valence-corrected chi connectivity index (χ3v) is 3.10. The Kier molecular flexibility index (Phi) is 4.70. The van der Waals surface area contributed by atoms with Gasteiger partial charge in [-0.15, -0.1) is 0 Å². The molecule has 1 saturated heterocycles. The number of carbonyl (C=O) groups is 2. The minimum Gasteiger partial charge on any atom is -0.462 e. The summed E-state index contributed by atoms with van der Waals surface area (Å²) in [4.78, 5) is 23.7. The molecular weight excluding hydrogens is 260 g/mol. The van der Waals surface area contributed by atoms with Gasteiger partial charge in [-0.1, -0.05) is 6.07 Å². The number of ether oxygens (including phenoxy) is 2. The van der Waals surface area contributed by atoms with Crippen LogP contribution >= 0.6 is 0 Å². The van der Waals surface area contributed by atoms with Crippen LogP contribution in [0.3, 0.4) is 0 Å². The SMILES string of the molecule is CCOC(=O)c1cccc(NC(=O)C2COCC2N)c1. The zero-order valence-corrected chi connectivity index (χ0v) is 11.3. The maximum atomic E-state index is 12.0. The third-order valence-electron chi connectivity index (χ3n) is 3.10. The lowest BCUT2D eigenvalue weighted by Gasteiger charge is -2.13. The summed E-state index contributed by atoms with van der Waals surface area (Å²) >= 11 is 0. The Morgan fingerprint density at radius 2 is 2.25 bits per heavy atom. The molecule has 2 unspecified atom stereocenters. The molecule has 0 aliphatic carbocycles. The molecule has 0 aromatic heterocycles. The van der Waals surface area contributed by atoms with Gasteiger partial charge in [0, 0.05) is 11.7 Å². The van der Waals surface area contributed by atoms with E-state index >= 15 is 0 Å². The number of rotatable bonds is 4. The molecule has 1 aliphatic heterocycles. The van der Waals surface area contributed by atoms with Crippen molar-refractivity contribution in [1.29, 1.82) is 0 Å². The third kappa shape index (κ3) is 3.34. The normalized spacial score (nSPS) is 21.5. The van der Waals surface area contributed by atoms with E-state index in [0.29, 0.717) is 31.1 Å². The van der Waals surface area contributed by atoms with E-state index in [9.17, 15) is 9.59 Å². The molecule has 0 bridgehead atoms. The van der Waals surface area contributed by atoms with E-state index in [1.807, 2.05) is 0 Å². The molecule has 6 nitrogen and oxygen atoms in total. The van der Waals surface area contributed by atoms with Crippen LogP contribution in [0.4, 0.5) is 5.69 Å². The van der Waals surface area contributed by atoms with E-state index in [1.165, 1.54) is 0 Å². The van der Waals surface area contributed by atoms with Crippen LogP contribution in [0.25, 0.3) is 0 Å². The topological polar surface area (TPSA) is 90.6 Å². The summed E-state index contributed by atoms with van der Waals surface area (Å²) < 4.78 is 10.1. The van der Waals surface area contributed by atoms with Gasteiger partial charge < -0.3 is 20.5 Å². The molecule has 1 aromatic carbocycles. The van der Waals surface area contributed by atoms with Crippen LogP contribution in [0.2, 0.25) is 0 Å². The zero-order valence-electron chi connectivity index (χ0n) is 11.3. The highest BCUT2D eigenvalue weighted by atomic mass is 16.5. The molecule has 3 N–H and O–H groups in total. The fraction of sp³-hybridized carbons (Fsp3) is 0.429. The lowest BCUT2D eigenvalue weighted by Crippen LogP contribution is -2.37. The molecule has 1 aromatic rings. The van der Waals surface area contributed by atoms with E-state index in [4.69, 9.17) is 15.2 Å². The van der Waals surface area contributed by atoms with Crippen LogP contribution in [-0.2, 0) is 14.3 Å². The maximum Gasteiger partial charge on any atom is 0.338 e. The molecule has 0 saturated carbocycles. The lowest BCUT2D eigenvalue weighted by atomic mass is 10.0. The first-order valence-electron chi connectivity index (χ1n) is 6.53. The van der Waals surface area contributed by atoms with Crippen molar-refractivity contribution in [3.8, 4) is 0 Å². The van der Waals surface area contributed by atoms with Gasteiger partial charge in [0.1, 0.15) is 0 Å². The molecule has 0 radical (unpaired) electrons. The fourth-order valence-electron chi connectivity index (χ4n) is 2.01. The van der Waals surface area contributed by atoms with Gasteiger partial charge >= 0.3 is 5.97 Å². The molecule has 0 spiro atoms. The molecular formula is C14H18N2O4. The summed E-state index contributed by atoms with van der Waals surface area (Å²) in [5.41, 5.74) is 6.73. The summed E-state index contributed by atoms with van der Waals surface area (Å²) in [7, 11) is 0. The van der Waals surface area contributed by atoms with Gasteiger partial charge in [-0.3, -0.25) is 4.79 Å². The average molecular weight is 278 g/mol. The number of amides is 1. The second-order valence-corrected chi connectivity index (χ2v) is 4.60. The van der Waals surface area contributed by atoms with Crippen LogP contribution in [0.5, 0.6) is 0 Å². The van der Waals surface area contributed by atoms with E-state index in [2.05, 4.69) is 5.32 Å². The summed E-state index contributed by atoms with van der Waals surface area (Å²) in [5, 5.41) is 2.74. The van der Waals surface area contributed by atoms with Crippen molar-refractivity contribution in [2.24, 2.45) is 11.7 Å². The van der Waals surface area contributed by atoms with Crippen LogP contribution in [-0.4, -0.2) is 37.7 Å². The van der Waals surface area contributed by atoms with Crippen LogP contribution in [0.1, 0.15) is 17.3 Å². The number of nitrogens with two attached hydrogens (primary N) is 1. The predicted octanol–water partition coefficient (Wildman–Crippen LogP) is 0.775. The second-order valence-electron chi connectivity index (χ2n) is 4.60. The van der Waals surface area contributed by atoms with E-state index < -0.39 is 5.97 Å². The summed E-state index contributed by atoms with van der Waals surface area (Å²) in [5.74, 6) is -0.971. The van der Waals surface area contributed by atoms with Crippen LogP contribution < -0.4 is 11.1 Å². The summed E-state index contributed by atoms with van der Waals surface area (Å²) in [6.07, 6.45) is 0. The van der Waals surface area contributed by atoms with Gasteiger partial charge in [-0.05, 0) is 25.1 Å². The fourth-order valence-corrected chi connectivity index (χ4v) is 2.01. The van der Waals surface area contributed by atoms with Crippen LogP contribution in [0.15, 0.2) is 24.3 Å². The van der Waals surface area contributed by atoms with E-state index in [1.54, 1.807) is 31.2 Å². The maximum absolute atomic E-state index is 12.0. The smallest absolute Gasteiger partial charge is 0.338 e. The Labute approximate surface area is 117 Å². The van der Waals surface area contributed by atoms with Crippen molar-refractivity contribution in [3.63, 3.8) is 0 Å². The van der Waals surface area contributed by atoms with Gasteiger partial charge in [0.15, 0.2) is 0 Å².